The Morgan fingerprint density at radius 2 is 1.68 bits per heavy atom. The lowest BCUT2D eigenvalue weighted by atomic mass is 10.2. The Morgan fingerprint density at radius 1 is 1.05 bits per heavy atom. The highest BCUT2D eigenvalue weighted by Crippen LogP contribution is 2.48. The quantitative estimate of drug-likeness (QED) is 0.295. The molecule has 0 unspecified atom stereocenters. The normalized spacial score (nSPS) is 14.1. The van der Waals surface area contributed by atoms with Crippen LogP contribution in [0.25, 0.3) is 11.4 Å². The van der Waals surface area contributed by atoms with Gasteiger partial charge in [-0.2, -0.15) is 0 Å². The average Bonchev–Trinajstić information content (AvgIpc) is 2.97. The molecule has 3 amide bonds. The number of nitrogens with zero attached hydrogens (tertiary/aromatic N) is 4. The van der Waals surface area contributed by atoms with Gasteiger partial charge in [-0.25, -0.2) is 14.8 Å². The van der Waals surface area contributed by atoms with Crippen LogP contribution in [0.3, 0.4) is 0 Å². The molecule has 0 bridgehead atoms. The molecule has 0 aliphatic carbocycles. The van der Waals surface area contributed by atoms with Crippen LogP contribution in [-0.4, -0.2) is 108 Å². The largest absolute Gasteiger partial charge is 0.465 e. The van der Waals surface area contributed by atoms with Gasteiger partial charge in [0.1, 0.15) is 24.0 Å². The maximum atomic E-state index is 13.6. The average molecular weight is 588 g/mol. The molecule has 1 atom stereocenters. The van der Waals surface area contributed by atoms with Crippen LogP contribution in [-0.2, 0) is 23.1 Å². The van der Waals surface area contributed by atoms with Crippen molar-refractivity contribution in [3.05, 3.63) is 47.8 Å². The lowest BCUT2D eigenvalue weighted by molar-refractivity contribution is -0.134. The van der Waals surface area contributed by atoms with E-state index in [4.69, 9.17) is 13.8 Å². The monoisotopic (exact) mass is 587 g/mol. The molecule has 1 aliphatic rings. The van der Waals surface area contributed by atoms with E-state index in [1.54, 1.807) is 38.1 Å². The summed E-state index contributed by atoms with van der Waals surface area (Å²) in [5, 5.41) is 11.9. The van der Waals surface area contributed by atoms with Gasteiger partial charge in [0, 0.05) is 44.9 Å². The van der Waals surface area contributed by atoms with Crippen molar-refractivity contribution >= 4 is 25.5 Å². The number of aromatic nitrogens is 2. The first-order valence-electron chi connectivity index (χ1n) is 13.1. The Hall–Kier alpha value is -3.82. The molecular formula is C27H34N5O8P. The van der Waals surface area contributed by atoms with Crippen LogP contribution < -0.4 is 5.32 Å². The summed E-state index contributed by atoms with van der Waals surface area (Å²) < 4.78 is 29.2. The molecule has 0 radical (unpaired) electrons. The SMILES string of the molecule is CCOP(=O)(C[C@H](NC(=O)c1cc(C#CCOC)nc(-c2ccccc2)n1)C(=O)N1CCN(C(=O)O)CC1)OCC. The highest BCUT2D eigenvalue weighted by Gasteiger charge is 2.37. The number of carboxylic acid groups (broad SMARTS) is 1. The van der Waals surface area contributed by atoms with Gasteiger partial charge in [0.05, 0.1) is 19.4 Å². The van der Waals surface area contributed by atoms with Gasteiger partial charge < -0.3 is 34.0 Å². The number of hydrogen-bond acceptors (Lipinski definition) is 9. The second kappa shape index (κ2) is 15.3. The van der Waals surface area contributed by atoms with Crippen LogP contribution in [0.15, 0.2) is 36.4 Å². The summed E-state index contributed by atoms with van der Waals surface area (Å²) in [7, 11) is -2.27. The van der Waals surface area contributed by atoms with Crippen molar-refractivity contribution < 1.29 is 37.8 Å². The number of nitrogens with one attached hydrogen (secondary N) is 1. The van der Waals surface area contributed by atoms with Crippen LogP contribution >= 0.6 is 7.60 Å². The fourth-order valence-electron chi connectivity index (χ4n) is 4.06. The fourth-order valence-corrected chi connectivity index (χ4v) is 5.83. The summed E-state index contributed by atoms with van der Waals surface area (Å²) in [5.74, 6) is 4.63. The molecule has 1 fully saturated rings. The molecule has 1 aliphatic heterocycles. The summed E-state index contributed by atoms with van der Waals surface area (Å²) in [4.78, 5) is 49.9. The second-order valence-electron chi connectivity index (χ2n) is 8.81. The van der Waals surface area contributed by atoms with Crippen molar-refractivity contribution in [3.8, 4) is 23.2 Å². The zero-order chi connectivity index (χ0) is 29.8. The molecule has 14 heteroatoms. The van der Waals surface area contributed by atoms with Gasteiger partial charge in [0.15, 0.2) is 5.82 Å². The summed E-state index contributed by atoms with van der Waals surface area (Å²) in [6.07, 6.45) is -1.50. The topological polar surface area (TPSA) is 160 Å². The molecule has 1 aromatic carbocycles. The molecule has 0 saturated carbocycles. The van der Waals surface area contributed by atoms with E-state index >= 15 is 0 Å². The van der Waals surface area contributed by atoms with Gasteiger partial charge >= 0.3 is 13.7 Å². The van der Waals surface area contributed by atoms with Crippen molar-refractivity contribution in [2.45, 2.75) is 19.9 Å². The third kappa shape index (κ3) is 9.09. The molecule has 1 aromatic heterocycles. The summed E-state index contributed by atoms with van der Waals surface area (Å²) in [6, 6.07) is 9.10. The Morgan fingerprint density at radius 3 is 2.27 bits per heavy atom. The lowest BCUT2D eigenvalue weighted by Crippen LogP contribution is -2.56. The Labute approximate surface area is 238 Å². The smallest absolute Gasteiger partial charge is 0.407 e. The number of hydrogen-bond donors (Lipinski definition) is 2. The van der Waals surface area contributed by atoms with Gasteiger partial charge in [-0.1, -0.05) is 36.3 Å². The highest BCUT2D eigenvalue weighted by molar-refractivity contribution is 7.54. The van der Waals surface area contributed by atoms with Gasteiger partial charge in [0.2, 0.25) is 5.91 Å². The first-order chi connectivity index (χ1) is 19.7. The van der Waals surface area contributed by atoms with Crippen molar-refractivity contribution in [1.82, 2.24) is 25.1 Å². The fraction of sp³-hybridized carbons (Fsp3) is 0.444. The minimum Gasteiger partial charge on any atom is -0.465 e. The predicted octanol–water partition coefficient (Wildman–Crippen LogP) is 2.33. The number of ether oxygens (including phenoxy) is 1. The Bertz CT molecular complexity index is 1310. The molecule has 41 heavy (non-hydrogen) atoms. The van der Waals surface area contributed by atoms with E-state index in [0.717, 1.165) is 0 Å². The van der Waals surface area contributed by atoms with E-state index in [-0.39, 0.29) is 63.2 Å². The van der Waals surface area contributed by atoms with E-state index in [9.17, 15) is 24.1 Å². The molecule has 3 rings (SSSR count). The van der Waals surface area contributed by atoms with Crippen molar-refractivity contribution in [2.24, 2.45) is 0 Å². The number of amides is 3. The van der Waals surface area contributed by atoms with E-state index < -0.39 is 37.7 Å². The number of methoxy groups -OCH3 is 1. The van der Waals surface area contributed by atoms with Crippen LogP contribution in [0.1, 0.15) is 30.0 Å². The molecular weight excluding hydrogens is 553 g/mol. The summed E-state index contributed by atoms with van der Waals surface area (Å²) in [5.41, 5.74) is 0.859. The molecule has 13 nitrogen and oxygen atoms in total. The third-order valence-corrected chi connectivity index (χ3v) is 8.06. The highest BCUT2D eigenvalue weighted by atomic mass is 31.2. The van der Waals surface area contributed by atoms with Gasteiger partial charge in [-0.3, -0.25) is 14.2 Å². The number of benzene rings is 1. The van der Waals surface area contributed by atoms with Crippen molar-refractivity contribution in [2.75, 3.05) is 59.3 Å². The molecule has 1 saturated heterocycles. The molecule has 2 N–H and O–H groups in total. The van der Waals surface area contributed by atoms with Crippen LogP contribution in [0.4, 0.5) is 4.79 Å². The number of rotatable bonds is 11. The number of piperazine rings is 1. The summed E-state index contributed by atoms with van der Waals surface area (Å²) >= 11 is 0. The predicted molar refractivity (Wildman–Crippen MR) is 149 cm³/mol. The first kappa shape index (κ1) is 31.7. The Kier molecular flexibility index (Phi) is 11.8. The van der Waals surface area contributed by atoms with E-state index in [1.165, 1.54) is 23.0 Å². The second-order valence-corrected chi connectivity index (χ2v) is 10.9. The molecule has 2 aromatic rings. The first-order valence-corrected chi connectivity index (χ1v) is 14.8. The van der Waals surface area contributed by atoms with E-state index in [0.29, 0.717) is 5.56 Å². The third-order valence-electron chi connectivity index (χ3n) is 5.95. The van der Waals surface area contributed by atoms with Crippen LogP contribution in [0, 0.1) is 11.8 Å². The van der Waals surface area contributed by atoms with E-state index in [2.05, 4.69) is 27.1 Å². The van der Waals surface area contributed by atoms with Crippen LogP contribution in [0.5, 0.6) is 0 Å². The Balaban J connectivity index is 1.94. The standard InChI is InChI=1S/C27H34N5O8P/c1-4-39-41(37,40-5-2)19-23(26(34)31-13-15-32(16-14-31)27(35)36)30-25(33)22-18-21(12-9-17-38-3)28-24(29-22)20-10-7-6-8-11-20/h6-8,10-11,18,23H,4-5,13-17,19H2,1-3H3,(H,30,33)(H,35,36)/t23-/m0/s1. The van der Waals surface area contributed by atoms with Crippen LogP contribution in [0.2, 0.25) is 0 Å². The summed E-state index contributed by atoms with van der Waals surface area (Å²) in [6.45, 7) is 4.00. The van der Waals surface area contributed by atoms with Gasteiger partial charge in [-0.05, 0) is 19.8 Å². The van der Waals surface area contributed by atoms with Gasteiger partial charge in [-0.15, -0.1) is 0 Å². The maximum Gasteiger partial charge on any atom is 0.407 e. The number of carbonyl (C=O) groups is 3. The number of carbonyl (C=O) groups excluding carboxylic acids is 2. The maximum absolute atomic E-state index is 13.6. The lowest BCUT2D eigenvalue weighted by Gasteiger charge is -2.35. The van der Waals surface area contributed by atoms with Gasteiger partial charge in [0.25, 0.3) is 5.91 Å². The zero-order valence-electron chi connectivity index (χ0n) is 23.2. The molecule has 0 spiro atoms. The van der Waals surface area contributed by atoms with E-state index in [1.807, 2.05) is 6.07 Å². The zero-order valence-corrected chi connectivity index (χ0v) is 24.1. The van der Waals surface area contributed by atoms with Crippen molar-refractivity contribution in [1.29, 1.82) is 0 Å². The minimum absolute atomic E-state index is 0.0586. The minimum atomic E-state index is -3.78. The molecule has 2 heterocycles. The molecule has 220 valence electrons. The van der Waals surface area contributed by atoms with Crippen molar-refractivity contribution in [3.63, 3.8) is 0 Å².